The molecule has 1 aromatic carbocycles. The number of hydrogen-bond acceptors (Lipinski definition) is 7. The highest BCUT2D eigenvalue weighted by Gasteiger charge is 2.20. The van der Waals surface area contributed by atoms with Crippen LogP contribution in [0.25, 0.3) is 11.2 Å². The van der Waals surface area contributed by atoms with E-state index in [4.69, 9.17) is 9.97 Å². The fraction of sp³-hybridized carbons (Fsp3) is 0.500. The summed E-state index contributed by atoms with van der Waals surface area (Å²) in [7, 11) is 0. The molecular formula is C22H32N6O2. The lowest BCUT2D eigenvalue weighted by Gasteiger charge is -2.26. The number of aryl methyl sites for hydroxylation is 1. The number of benzene rings is 1. The summed E-state index contributed by atoms with van der Waals surface area (Å²) < 4.78 is 2.00. The van der Waals surface area contributed by atoms with E-state index in [1.54, 1.807) is 20.2 Å². The van der Waals surface area contributed by atoms with Crippen LogP contribution in [0.3, 0.4) is 0 Å². The number of nitrogens with zero attached hydrogens (tertiary/aromatic N) is 5. The third-order valence-electron chi connectivity index (χ3n) is 4.80. The zero-order chi connectivity index (χ0) is 21.8. The zero-order valence-electron chi connectivity index (χ0n) is 18.4. The minimum atomic E-state index is -0.581. The number of fused-ring (bicyclic) bond motifs is 1. The summed E-state index contributed by atoms with van der Waals surface area (Å²) in [5.41, 5.74) is 3.78. The SMILES string of the molecule is Cc1ccc(CNc2nc(N(CC(C)O)CC(C)O)nc3c2ncn3C(C)C)cc1. The molecule has 3 N–H and O–H groups in total. The lowest BCUT2D eigenvalue weighted by molar-refractivity contribution is 0.177. The average molecular weight is 413 g/mol. The second kappa shape index (κ2) is 9.40. The molecular weight excluding hydrogens is 380 g/mol. The average Bonchev–Trinajstić information content (AvgIpc) is 3.10. The molecule has 0 amide bonds. The second-order valence-corrected chi connectivity index (χ2v) is 8.23. The molecule has 30 heavy (non-hydrogen) atoms. The van der Waals surface area contributed by atoms with Crippen molar-refractivity contribution in [2.24, 2.45) is 0 Å². The molecule has 2 aromatic heterocycles. The molecule has 0 aliphatic heterocycles. The van der Waals surface area contributed by atoms with Gasteiger partial charge in [0.25, 0.3) is 0 Å². The lowest BCUT2D eigenvalue weighted by Crippen LogP contribution is -2.37. The van der Waals surface area contributed by atoms with Gasteiger partial charge in [-0.1, -0.05) is 29.8 Å². The Balaban J connectivity index is 2.01. The molecule has 0 radical (unpaired) electrons. The molecule has 3 aromatic rings. The summed E-state index contributed by atoms with van der Waals surface area (Å²) in [5, 5.41) is 23.3. The first-order chi connectivity index (χ1) is 14.2. The minimum absolute atomic E-state index is 0.185. The van der Waals surface area contributed by atoms with Gasteiger partial charge in [-0.3, -0.25) is 0 Å². The Bertz CT molecular complexity index is 956. The number of imidazole rings is 1. The maximum absolute atomic E-state index is 9.94. The van der Waals surface area contributed by atoms with Gasteiger partial charge in [0.2, 0.25) is 5.95 Å². The fourth-order valence-corrected chi connectivity index (χ4v) is 3.32. The van der Waals surface area contributed by atoms with Crippen molar-refractivity contribution < 1.29 is 10.2 Å². The van der Waals surface area contributed by atoms with Gasteiger partial charge >= 0.3 is 0 Å². The smallest absolute Gasteiger partial charge is 0.229 e. The van der Waals surface area contributed by atoms with Crippen molar-refractivity contribution in [2.45, 2.75) is 59.4 Å². The van der Waals surface area contributed by atoms with E-state index in [-0.39, 0.29) is 6.04 Å². The highest BCUT2D eigenvalue weighted by molar-refractivity contribution is 5.84. The van der Waals surface area contributed by atoms with E-state index in [0.717, 1.165) is 11.2 Å². The number of aliphatic hydroxyl groups excluding tert-OH is 2. The first-order valence-corrected chi connectivity index (χ1v) is 10.4. The maximum Gasteiger partial charge on any atom is 0.229 e. The van der Waals surface area contributed by atoms with E-state index in [2.05, 4.69) is 55.3 Å². The van der Waals surface area contributed by atoms with Gasteiger partial charge in [0.05, 0.1) is 18.5 Å². The highest BCUT2D eigenvalue weighted by atomic mass is 16.3. The van der Waals surface area contributed by atoms with Gasteiger partial charge in [0.15, 0.2) is 17.0 Å². The first-order valence-electron chi connectivity index (χ1n) is 10.4. The van der Waals surface area contributed by atoms with E-state index in [0.29, 0.717) is 36.9 Å². The molecule has 0 aliphatic rings. The summed E-state index contributed by atoms with van der Waals surface area (Å²) >= 11 is 0. The largest absolute Gasteiger partial charge is 0.392 e. The standard InChI is InChI=1S/C22H32N6O2/c1-14(2)28-13-24-19-20(23-10-18-8-6-15(3)7-9-18)25-22(26-21(19)28)27(11-16(4)29)12-17(5)30/h6-9,13-14,16-17,29-30H,10-12H2,1-5H3,(H,23,25,26). The molecule has 162 valence electrons. The molecule has 0 bridgehead atoms. The first kappa shape index (κ1) is 22.0. The fourth-order valence-electron chi connectivity index (χ4n) is 3.32. The van der Waals surface area contributed by atoms with Crippen LogP contribution >= 0.6 is 0 Å². The maximum atomic E-state index is 9.94. The van der Waals surface area contributed by atoms with Gasteiger partial charge in [0, 0.05) is 25.7 Å². The normalized spacial score (nSPS) is 13.6. The van der Waals surface area contributed by atoms with Gasteiger partial charge in [-0.05, 0) is 40.2 Å². The van der Waals surface area contributed by atoms with E-state index >= 15 is 0 Å². The topological polar surface area (TPSA) is 99.3 Å². The molecule has 0 saturated heterocycles. The van der Waals surface area contributed by atoms with E-state index in [9.17, 15) is 10.2 Å². The summed E-state index contributed by atoms with van der Waals surface area (Å²) in [6.07, 6.45) is 0.613. The predicted molar refractivity (Wildman–Crippen MR) is 120 cm³/mol. The predicted octanol–water partition coefficient (Wildman–Crippen LogP) is 2.90. The third kappa shape index (κ3) is 5.25. The number of rotatable bonds is 9. The molecule has 0 saturated carbocycles. The Morgan fingerprint density at radius 3 is 2.20 bits per heavy atom. The van der Waals surface area contributed by atoms with E-state index in [1.165, 1.54) is 5.56 Å². The van der Waals surface area contributed by atoms with Gasteiger partial charge in [0.1, 0.15) is 0 Å². The Morgan fingerprint density at radius 1 is 1.00 bits per heavy atom. The lowest BCUT2D eigenvalue weighted by atomic mass is 10.1. The van der Waals surface area contributed by atoms with E-state index in [1.807, 2.05) is 9.47 Å². The number of hydrogen-bond donors (Lipinski definition) is 3. The summed E-state index contributed by atoms with van der Waals surface area (Å²) in [4.78, 5) is 15.8. The minimum Gasteiger partial charge on any atom is -0.392 e. The Kier molecular flexibility index (Phi) is 6.89. The van der Waals surface area contributed by atoms with Crippen LogP contribution in [0, 0.1) is 6.92 Å². The zero-order valence-corrected chi connectivity index (χ0v) is 18.4. The summed E-state index contributed by atoms with van der Waals surface area (Å²) in [5.74, 6) is 1.09. The van der Waals surface area contributed by atoms with Crippen LogP contribution in [0.15, 0.2) is 30.6 Å². The second-order valence-electron chi connectivity index (χ2n) is 8.23. The van der Waals surface area contributed by atoms with Gasteiger partial charge in [-0.15, -0.1) is 0 Å². The Labute approximate surface area is 177 Å². The van der Waals surface area contributed by atoms with Crippen LogP contribution in [-0.4, -0.2) is 55.0 Å². The van der Waals surface area contributed by atoms with Crippen molar-refractivity contribution >= 4 is 22.9 Å². The van der Waals surface area contributed by atoms with Gasteiger partial charge in [-0.25, -0.2) is 4.98 Å². The van der Waals surface area contributed by atoms with Crippen LogP contribution in [0.1, 0.15) is 44.9 Å². The van der Waals surface area contributed by atoms with Crippen LogP contribution in [0.2, 0.25) is 0 Å². The molecule has 2 unspecified atom stereocenters. The molecule has 8 nitrogen and oxygen atoms in total. The molecule has 0 aliphatic carbocycles. The van der Waals surface area contributed by atoms with Crippen molar-refractivity contribution in [2.75, 3.05) is 23.3 Å². The van der Waals surface area contributed by atoms with Crippen molar-refractivity contribution in [1.82, 2.24) is 19.5 Å². The van der Waals surface area contributed by atoms with Crippen LogP contribution < -0.4 is 10.2 Å². The monoisotopic (exact) mass is 412 g/mol. The van der Waals surface area contributed by atoms with Crippen molar-refractivity contribution in [3.8, 4) is 0 Å². The Morgan fingerprint density at radius 2 is 1.63 bits per heavy atom. The molecule has 2 heterocycles. The molecule has 3 rings (SSSR count). The van der Waals surface area contributed by atoms with Crippen molar-refractivity contribution in [3.05, 3.63) is 41.7 Å². The summed E-state index contributed by atoms with van der Waals surface area (Å²) in [6.45, 7) is 10.9. The van der Waals surface area contributed by atoms with E-state index < -0.39 is 12.2 Å². The quantitative estimate of drug-likeness (QED) is 0.497. The van der Waals surface area contributed by atoms with Crippen molar-refractivity contribution in [1.29, 1.82) is 0 Å². The van der Waals surface area contributed by atoms with Gasteiger partial charge in [-0.2, -0.15) is 9.97 Å². The molecule has 2 atom stereocenters. The Hall–Kier alpha value is -2.71. The molecule has 8 heteroatoms. The van der Waals surface area contributed by atoms with Crippen LogP contribution in [0.4, 0.5) is 11.8 Å². The van der Waals surface area contributed by atoms with Crippen LogP contribution in [0.5, 0.6) is 0 Å². The third-order valence-corrected chi connectivity index (χ3v) is 4.80. The highest BCUT2D eigenvalue weighted by Crippen LogP contribution is 2.25. The number of aliphatic hydroxyl groups is 2. The number of anilines is 2. The number of aromatic nitrogens is 4. The van der Waals surface area contributed by atoms with Crippen LogP contribution in [-0.2, 0) is 6.54 Å². The van der Waals surface area contributed by atoms with Crippen molar-refractivity contribution in [3.63, 3.8) is 0 Å². The number of nitrogens with one attached hydrogen (secondary N) is 1. The molecule has 0 spiro atoms. The summed E-state index contributed by atoms with van der Waals surface area (Å²) in [6, 6.07) is 8.52. The van der Waals surface area contributed by atoms with Gasteiger partial charge < -0.3 is 25.0 Å². The molecule has 0 fully saturated rings.